The molecular weight excluding hydrogens is 168 g/mol. The van der Waals surface area contributed by atoms with Crippen molar-refractivity contribution in [2.45, 2.75) is 25.2 Å². The number of aliphatic hydroxyl groups excluding tert-OH is 2. The minimum Gasteiger partial charge on any atom is -0.488 e. The first-order valence-electron chi connectivity index (χ1n) is 4.32. The fourth-order valence-electron chi connectivity index (χ4n) is 1.54. The van der Waals surface area contributed by atoms with Gasteiger partial charge in [0.05, 0.1) is 0 Å². The van der Waals surface area contributed by atoms with Crippen LogP contribution in [0.25, 0.3) is 0 Å². The second kappa shape index (κ2) is 3.01. The zero-order chi connectivity index (χ0) is 9.42. The molecule has 1 aliphatic rings. The summed E-state index contributed by atoms with van der Waals surface area (Å²) in [7, 11) is 0. The number of fused-ring (bicyclic) bond motifs is 1. The highest BCUT2D eigenvalue weighted by Crippen LogP contribution is 2.34. The van der Waals surface area contributed by atoms with Crippen LogP contribution in [0.15, 0.2) is 24.3 Å². The molecule has 1 aromatic rings. The van der Waals surface area contributed by atoms with Gasteiger partial charge in [-0.1, -0.05) is 18.2 Å². The van der Waals surface area contributed by atoms with Crippen molar-refractivity contribution in [1.29, 1.82) is 0 Å². The zero-order valence-corrected chi connectivity index (χ0v) is 7.34. The standard InChI is InChI=1S/C10H12O3/c1-6-9(11)10(12)7-4-2-3-5-8(7)13-6/h2-6,9-12H,1H3/t6-,9-,10-/m0/s1. The Morgan fingerprint density at radius 2 is 1.92 bits per heavy atom. The number of ether oxygens (including phenoxy) is 1. The predicted molar refractivity (Wildman–Crippen MR) is 47.5 cm³/mol. The minimum absolute atomic E-state index is 0.357. The Balaban J connectivity index is 2.43. The fourth-order valence-corrected chi connectivity index (χ4v) is 1.54. The summed E-state index contributed by atoms with van der Waals surface area (Å²) in [4.78, 5) is 0. The van der Waals surface area contributed by atoms with Gasteiger partial charge in [-0.05, 0) is 13.0 Å². The van der Waals surface area contributed by atoms with E-state index < -0.39 is 12.2 Å². The lowest BCUT2D eigenvalue weighted by Crippen LogP contribution is -2.38. The summed E-state index contributed by atoms with van der Waals surface area (Å²) in [5.74, 6) is 0.660. The number of para-hydroxylation sites is 1. The maximum atomic E-state index is 9.67. The Morgan fingerprint density at radius 3 is 2.69 bits per heavy atom. The third kappa shape index (κ3) is 1.30. The first-order valence-corrected chi connectivity index (χ1v) is 4.32. The average molecular weight is 180 g/mol. The van der Waals surface area contributed by atoms with Gasteiger partial charge >= 0.3 is 0 Å². The van der Waals surface area contributed by atoms with E-state index in [2.05, 4.69) is 0 Å². The molecule has 0 amide bonds. The molecule has 0 unspecified atom stereocenters. The molecule has 0 spiro atoms. The molecule has 3 nitrogen and oxygen atoms in total. The molecule has 3 heteroatoms. The Morgan fingerprint density at radius 1 is 1.23 bits per heavy atom. The Bertz CT molecular complexity index is 311. The predicted octanol–water partition coefficient (Wildman–Crippen LogP) is 0.862. The number of hydrogen-bond donors (Lipinski definition) is 2. The molecule has 0 aromatic heterocycles. The molecule has 1 aromatic carbocycles. The molecule has 0 saturated heterocycles. The molecule has 0 fully saturated rings. The molecule has 3 atom stereocenters. The minimum atomic E-state index is -0.838. The van der Waals surface area contributed by atoms with Gasteiger partial charge in [0, 0.05) is 5.56 Å². The molecule has 0 bridgehead atoms. The van der Waals surface area contributed by atoms with Crippen LogP contribution in [0.5, 0.6) is 5.75 Å². The third-order valence-corrected chi connectivity index (χ3v) is 2.35. The van der Waals surface area contributed by atoms with E-state index in [1.165, 1.54) is 0 Å². The van der Waals surface area contributed by atoms with E-state index in [1.54, 1.807) is 19.1 Å². The van der Waals surface area contributed by atoms with Crippen LogP contribution in [0, 0.1) is 0 Å². The van der Waals surface area contributed by atoms with Gasteiger partial charge in [0.15, 0.2) is 0 Å². The van der Waals surface area contributed by atoms with Crippen molar-refractivity contribution in [2.75, 3.05) is 0 Å². The molecule has 0 radical (unpaired) electrons. The van der Waals surface area contributed by atoms with Crippen LogP contribution in [-0.4, -0.2) is 22.4 Å². The highest BCUT2D eigenvalue weighted by atomic mass is 16.5. The number of rotatable bonds is 0. The first kappa shape index (κ1) is 8.53. The van der Waals surface area contributed by atoms with Crippen molar-refractivity contribution in [2.24, 2.45) is 0 Å². The average Bonchev–Trinajstić information content (AvgIpc) is 2.15. The summed E-state index contributed by atoms with van der Waals surface area (Å²) in [6.07, 6.45) is -2.03. The van der Waals surface area contributed by atoms with Gasteiger partial charge in [-0.25, -0.2) is 0 Å². The zero-order valence-electron chi connectivity index (χ0n) is 7.34. The molecule has 1 heterocycles. The highest BCUT2D eigenvalue weighted by Gasteiger charge is 2.32. The lowest BCUT2D eigenvalue weighted by atomic mass is 9.97. The van der Waals surface area contributed by atoms with Crippen LogP contribution < -0.4 is 4.74 Å². The van der Waals surface area contributed by atoms with E-state index in [4.69, 9.17) is 4.74 Å². The van der Waals surface area contributed by atoms with Crippen molar-refractivity contribution < 1.29 is 14.9 Å². The first-order chi connectivity index (χ1) is 6.20. The van der Waals surface area contributed by atoms with E-state index in [0.717, 1.165) is 0 Å². The third-order valence-electron chi connectivity index (χ3n) is 2.35. The maximum Gasteiger partial charge on any atom is 0.125 e. The lowest BCUT2D eigenvalue weighted by molar-refractivity contribution is -0.0614. The van der Waals surface area contributed by atoms with E-state index in [0.29, 0.717) is 11.3 Å². The van der Waals surface area contributed by atoms with E-state index in [1.807, 2.05) is 12.1 Å². The SMILES string of the molecule is C[C@@H]1Oc2ccccc2[C@H](O)[C@H]1O. The Kier molecular flexibility index (Phi) is 1.98. The van der Waals surface area contributed by atoms with E-state index >= 15 is 0 Å². The number of benzene rings is 1. The summed E-state index contributed by atoms with van der Waals surface area (Å²) in [5, 5.41) is 19.2. The van der Waals surface area contributed by atoms with E-state index in [9.17, 15) is 10.2 Å². The lowest BCUT2D eigenvalue weighted by Gasteiger charge is -2.31. The van der Waals surface area contributed by atoms with Crippen LogP contribution in [-0.2, 0) is 0 Å². The van der Waals surface area contributed by atoms with Crippen LogP contribution in [0.2, 0.25) is 0 Å². The second-order valence-electron chi connectivity index (χ2n) is 3.30. The molecule has 0 aliphatic carbocycles. The van der Waals surface area contributed by atoms with Crippen molar-refractivity contribution in [3.05, 3.63) is 29.8 Å². The van der Waals surface area contributed by atoms with Gasteiger partial charge in [-0.2, -0.15) is 0 Å². The normalized spacial score (nSPS) is 32.1. The smallest absolute Gasteiger partial charge is 0.125 e. The molecule has 1 aliphatic heterocycles. The van der Waals surface area contributed by atoms with Crippen molar-refractivity contribution >= 4 is 0 Å². The molecule has 2 rings (SSSR count). The largest absolute Gasteiger partial charge is 0.488 e. The molecule has 2 N–H and O–H groups in total. The van der Waals surface area contributed by atoms with Crippen molar-refractivity contribution in [3.8, 4) is 5.75 Å². The van der Waals surface area contributed by atoms with Crippen molar-refractivity contribution in [1.82, 2.24) is 0 Å². The second-order valence-corrected chi connectivity index (χ2v) is 3.30. The van der Waals surface area contributed by atoms with Crippen LogP contribution in [0.1, 0.15) is 18.6 Å². The van der Waals surface area contributed by atoms with Crippen molar-refractivity contribution in [3.63, 3.8) is 0 Å². The Labute approximate surface area is 76.6 Å². The monoisotopic (exact) mass is 180 g/mol. The van der Waals surface area contributed by atoms with Gasteiger partial charge in [-0.15, -0.1) is 0 Å². The number of aliphatic hydroxyl groups is 2. The fraction of sp³-hybridized carbons (Fsp3) is 0.400. The summed E-state index contributed by atoms with van der Waals surface area (Å²) in [5.41, 5.74) is 0.660. The topological polar surface area (TPSA) is 49.7 Å². The molecule has 70 valence electrons. The summed E-state index contributed by atoms with van der Waals surface area (Å²) >= 11 is 0. The van der Waals surface area contributed by atoms with Gasteiger partial charge in [0.2, 0.25) is 0 Å². The van der Waals surface area contributed by atoms with Gasteiger partial charge < -0.3 is 14.9 Å². The quantitative estimate of drug-likeness (QED) is 0.622. The van der Waals surface area contributed by atoms with Gasteiger partial charge in [0.1, 0.15) is 24.1 Å². The van der Waals surface area contributed by atoms with Crippen LogP contribution >= 0.6 is 0 Å². The summed E-state index contributed by atoms with van der Waals surface area (Å²) in [6.45, 7) is 1.74. The maximum absolute atomic E-state index is 9.67. The summed E-state index contributed by atoms with van der Waals surface area (Å²) in [6, 6.07) is 7.21. The van der Waals surface area contributed by atoms with Gasteiger partial charge in [-0.3, -0.25) is 0 Å². The molecule has 0 saturated carbocycles. The van der Waals surface area contributed by atoms with E-state index in [-0.39, 0.29) is 6.10 Å². The van der Waals surface area contributed by atoms with Crippen LogP contribution in [0.4, 0.5) is 0 Å². The summed E-state index contributed by atoms with van der Waals surface area (Å²) < 4.78 is 5.40. The molecule has 13 heavy (non-hydrogen) atoms. The van der Waals surface area contributed by atoms with Gasteiger partial charge in [0.25, 0.3) is 0 Å². The van der Waals surface area contributed by atoms with Crippen LogP contribution in [0.3, 0.4) is 0 Å². The number of hydrogen-bond acceptors (Lipinski definition) is 3. The Hall–Kier alpha value is -1.06. The molecular formula is C10H12O3. The highest BCUT2D eigenvalue weighted by molar-refractivity contribution is 5.37.